The number of nitrogens with zero attached hydrogens (tertiary/aromatic N) is 1. The molecule has 106 valence electrons. The van der Waals surface area contributed by atoms with Crippen molar-refractivity contribution in [3.8, 4) is 0 Å². The minimum Gasteiger partial charge on any atom is -0.449 e. The quantitative estimate of drug-likeness (QED) is 0.869. The van der Waals surface area contributed by atoms with Gasteiger partial charge >= 0.3 is 6.09 Å². The van der Waals surface area contributed by atoms with Crippen LogP contribution in [0.1, 0.15) is 37.2 Å². The summed E-state index contributed by atoms with van der Waals surface area (Å²) in [6.07, 6.45) is 0.475. The van der Waals surface area contributed by atoms with Crippen LogP contribution < -0.4 is 5.73 Å². The summed E-state index contributed by atoms with van der Waals surface area (Å²) in [6.45, 7) is 3.87. The second-order valence-corrected chi connectivity index (χ2v) is 4.49. The Labute approximate surface area is 117 Å². The smallest absolute Gasteiger partial charge is 0.419 e. The van der Waals surface area contributed by atoms with Crippen molar-refractivity contribution in [1.29, 1.82) is 0 Å². The number of fused-ring (bicyclic) bond motifs is 1. The van der Waals surface area contributed by atoms with E-state index in [2.05, 4.69) is 0 Å². The maximum atomic E-state index is 12.3. The van der Waals surface area contributed by atoms with Crippen LogP contribution in [0.5, 0.6) is 0 Å². The van der Waals surface area contributed by atoms with Crippen LogP contribution >= 0.6 is 0 Å². The Bertz CT molecular complexity index is 658. The Morgan fingerprint density at radius 2 is 1.95 bits per heavy atom. The first-order valence-electron chi connectivity index (χ1n) is 6.71. The number of nitrogens with two attached hydrogens (primary N) is 1. The lowest BCUT2D eigenvalue weighted by Gasteiger charge is -2.08. The largest absolute Gasteiger partial charge is 0.449 e. The van der Waals surface area contributed by atoms with Gasteiger partial charge in [0.05, 0.1) is 17.8 Å². The van der Waals surface area contributed by atoms with E-state index in [1.165, 1.54) is 4.57 Å². The molecule has 0 aliphatic heterocycles. The highest BCUT2D eigenvalue weighted by Crippen LogP contribution is 2.29. The standard InChI is InChI=1S/C15H18N2O3/c1-3-7-12(18)14-13(16)10-8-5-6-9-11(10)17(14)15(19)20-4-2/h5-6,8-9H,3-4,7,16H2,1-2H3. The van der Waals surface area contributed by atoms with E-state index in [0.717, 1.165) is 0 Å². The van der Waals surface area contributed by atoms with Crippen molar-refractivity contribution < 1.29 is 14.3 Å². The average Bonchev–Trinajstić information content (AvgIpc) is 2.73. The van der Waals surface area contributed by atoms with Gasteiger partial charge in [0.15, 0.2) is 5.78 Å². The number of hydrogen-bond donors (Lipinski definition) is 1. The van der Waals surface area contributed by atoms with Crippen LogP contribution in [0.4, 0.5) is 10.5 Å². The van der Waals surface area contributed by atoms with Gasteiger partial charge in [-0.05, 0) is 19.4 Å². The molecule has 1 heterocycles. The second kappa shape index (κ2) is 5.77. The van der Waals surface area contributed by atoms with Crippen molar-refractivity contribution in [2.24, 2.45) is 0 Å². The minimum absolute atomic E-state index is 0.144. The predicted octanol–water partition coefficient (Wildman–Crippen LogP) is 3.21. The number of carbonyl (C=O) groups is 2. The van der Waals surface area contributed by atoms with Gasteiger partial charge in [-0.1, -0.05) is 25.1 Å². The van der Waals surface area contributed by atoms with Gasteiger partial charge in [0.2, 0.25) is 0 Å². The van der Waals surface area contributed by atoms with E-state index in [4.69, 9.17) is 10.5 Å². The fraction of sp³-hybridized carbons (Fsp3) is 0.333. The summed E-state index contributed by atoms with van der Waals surface area (Å²) in [4.78, 5) is 24.4. The molecule has 0 spiro atoms. The predicted molar refractivity (Wildman–Crippen MR) is 78.0 cm³/mol. The molecule has 2 aromatic rings. The number of ether oxygens (including phenoxy) is 1. The molecule has 2 rings (SSSR count). The lowest BCUT2D eigenvalue weighted by atomic mass is 10.1. The zero-order valence-corrected chi connectivity index (χ0v) is 11.7. The maximum Gasteiger partial charge on any atom is 0.419 e. The van der Waals surface area contributed by atoms with E-state index in [-0.39, 0.29) is 18.1 Å². The molecule has 20 heavy (non-hydrogen) atoms. The molecule has 0 bridgehead atoms. The topological polar surface area (TPSA) is 74.3 Å². The van der Waals surface area contributed by atoms with Crippen molar-refractivity contribution in [3.63, 3.8) is 0 Å². The molecule has 0 atom stereocenters. The van der Waals surface area contributed by atoms with Gasteiger partial charge in [-0.25, -0.2) is 9.36 Å². The summed E-state index contributed by atoms with van der Waals surface area (Å²) in [7, 11) is 0. The van der Waals surface area contributed by atoms with Gasteiger partial charge in [0, 0.05) is 11.8 Å². The second-order valence-electron chi connectivity index (χ2n) is 4.49. The van der Waals surface area contributed by atoms with Crippen LogP contribution in [0.3, 0.4) is 0 Å². The fourth-order valence-corrected chi connectivity index (χ4v) is 2.26. The average molecular weight is 274 g/mol. The Hall–Kier alpha value is -2.30. The molecule has 0 aliphatic rings. The number of Topliss-reactive ketones (excluding diaryl/α,β-unsaturated/α-hetero) is 1. The lowest BCUT2D eigenvalue weighted by Crippen LogP contribution is -2.19. The van der Waals surface area contributed by atoms with Crippen molar-refractivity contribution >= 4 is 28.5 Å². The molecule has 0 radical (unpaired) electrons. The highest BCUT2D eigenvalue weighted by molar-refractivity contribution is 6.12. The van der Waals surface area contributed by atoms with Crippen LogP contribution in [0.25, 0.3) is 10.9 Å². The van der Waals surface area contributed by atoms with Crippen LogP contribution in [-0.4, -0.2) is 23.1 Å². The van der Waals surface area contributed by atoms with E-state index < -0.39 is 6.09 Å². The van der Waals surface area contributed by atoms with Crippen LogP contribution in [0.15, 0.2) is 24.3 Å². The SMILES string of the molecule is CCCC(=O)c1c(N)c2ccccc2n1C(=O)OCC. The molecule has 5 heteroatoms. The molecule has 0 saturated heterocycles. The number of hydrogen-bond acceptors (Lipinski definition) is 4. The molecule has 1 aromatic heterocycles. The number of anilines is 1. The number of carbonyl (C=O) groups excluding carboxylic acids is 2. The molecule has 0 saturated carbocycles. The van der Waals surface area contributed by atoms with Crippen molar-refractivity contribution in [3.05, 3.63) is 30.0 Å². The van der Waals surface area contributed by atoms with E-state index in [1.54, 1.807) is 25.1 Å². The Kier molecular flexibility index (Phi) is 4.08. The van der Waals surface area contributed by atoms with Crippen molar-refractivity contribution in [2.45, 2.75) is 26.7 Å². The number of aromatic nitrogens is 1. The Morgan fingerprint density at radius 3 is 2.60 bits per heavy atom. The fourth-order valence-electron chi connectivity index (χ4n) is 2.26. The summed E-state index contributed by atoms with van der Waals surface area (Å²) in [5.41, 5.74) is 7.22. The summed E-state index contributed by atoms with van der Waals surface area (Å²) in [5.74, 6) is -0.144. The molecule has 2 N–H and O–H groups in total. The van der Waals surface area contributed by atoms with Gasteiger partial charge in [-0.3, -0.25) is 4.79 Å². The third-order valence-corrected chi connectivity index (χ3v) is 3.11. The first-order valence-corrected chi connectivity index (χ1v) is 6.71. The molecule has 1 aromatic carbocycles. The van der Waals surface area contributed by atoms with Crippen LogP contribution in [0, 0.1) is 0 Å². The summed E-state index contributed by atoms with van der Waals surface area (Å²) < 4.78 is 6.32. The number of benzene rings is 1. The highest BCUT2D eigenvalue weighted by atomic mass is 16.5. The first-order chi connectivity index (χ1) is 9.61. The molecule has 0 fully saturated rings. The first kappa shape index (κ1) is 14.1. The molecule has 0 unspecified atom stereocenters. The van der Waals surface area contributed by atoms with Gasteiger partial charge in [0.1, 0.15) is 5.69 Å². The molecule has 5 nitrogen and oxygen atoms in total. The van der Waals surface area contributed by atoms with E-state index in [9.17, 15) is 9.59 Å². The molecule has 0 amide bonds. The summed E-state index contributed by atoms with van der Waals surface area (Å²) in [5, 5.41) is 0.694. The zero-order chi connectivity index (χ0) is 14.7. The van der Waals surface area contributed by atoms with E-state index >= 15 is 0 Å². The molecular weight excluding hydrogens is 256 g/mol. The minimum atomic E-state index is -0.570. The van der Waals surface area contributed by atoms with E-state index in [1.807, 2.05) is 13.0 Å². The van der Waals surface area contributed by atoms with E-state index in [0.29, 0.717) is 29.4 Å². The zero-order valence-electron chi connectivity index (χ0n) is 11.7. The van der Waals surface area contributed by atoms with Crippen LogP contribution in [0.2, 0.25) is 0 Å². The van der Waals surface area contributed by atoms with Gasteiger partial charge in [-0.15, -0.1) is 0 Å². The van der Waals surface area contributed by atoms with Gasteiger partial charge in [0.25, 0.3) is 0 Å². The maximum absolute atomic E-state index is 12.3. The van der Waals surface area contributed by atoms with Crippen molar-refractivity contribution in [1.82, 2.24) is 4.57 Å². The third-order valence-electron chi connectivity index (χ3n) is 3.11. The number of ketones is 1. The monoisotopic (exact) mass is 274 g/mol. The van der Waals surface area contributed by atoms with Gasteiger partial charge in [-0.2, -0.15) is 0 Å². The van der Waals surface area contributed by atoms with Crippen molar-refractivity contribution in [2.75, 3.05) is 12.3 Å². The van der Waals surface area contributed by atoms with Crippen LogP contribution in [-0.2, 0) is 4.74 Å². The summed E-state index contributed by atoms with van der Waals surface area (Å²) in [6, 6.07) is 7.17. The number of nitrogen functional groups attached to an aromatic ring is 1. The number of rotatable bonds is 4. The number of para-hydroxylation sites is 1. The molecule has 0 aliphatic carbocycles. The third kappa shape index (κ3) is 2.27. The lowest BCUT2D eigenvalue weighted by molar-refractivity contribution is 0.0969. The molecular formula is C15H18N2O3. The Balaban J connectivity index is 2.70. The normalized spacial score (nSPS) is 10.7. The Morgan fingerprint density at radius 1 is 1.25 bits per heavy atom. The van der Waals surface area contributed by atoms with Gasteiger partial charge < -0.3 is 10.5 Å². The highest BCUT2D eigenvalue weighted by Gasteiger charge is 2.24. The summed E-state index contributed by atoms with van der Waals surface area (Å²) >= 11 is 0.